The zero-order valence-corrected chi connectivity index (χ0v) is 23.5. The molecule has 0 radical (unpaired) electrons. The van der Waals surface area contributed by atoms with Gasteiger partial charge in [0, 0.05) is 67.3 Å². The smallest absolute Gasteiger partial charge is 0.336 e. The standard InChI is InChI=1S/C30H27F6N3O2.ClH/c1-18-5-6-20(12-19(18)2)13-25(28(41)39-10-8-37-9-11-39)26(21-4-3-7-38-17-21)27(40)22-14-23(29(31,32)33)16-24(15-22)30(34,35)36;/h3-7,12,14-17,37H,8-11,13H2,1-2H3;1H. The summed E-state index contributed by atoms with van der Waals surface area (Å²) in [4.78, 5) is 33.5. The predicted molar refractivity (Wildman–Crippen MR) is 148 cm³/mol. The fourth-order valence-corrected chi connectivity index (χ4v) is 4.63. The normalized spacial score (nSPS) is 14.6. The highest BCUT2D eigenvalue weighted by atomic mass is 35.5. The molecule has 1 aliphatic rings. The third-order valence-electron chi connectivity index (χ3n) is 6.94. The van der Waals surface area contributed by atoms with Crippen molar-refractivity contribution in [3.63, 3.8) is 0 Å². The number of hydrogen-bond donors (Lipinski definition) is 1. The number of nitrogens with zero attached hydrogens (tertiary/aromatic N) is 2. The second-order valence-corrected chi connectivity index (χ2v) is 9.86. The summed E-state index contributed by atoms with van der Waals surface area (Å²) < 4.78 is 81.9. The van der Waals surface area contributed by atoms with Crippen LogP contribution in [-0.4, -0.2) is 47.8 Å². The number of Topliss-reactive ketones (excluding diaryl/α,β-unsaturated/α-hetero) is 1. The van der Waals surface area contributed by atoms with Crippen molar-refractivity contribution in [2.24, 2.45) is 0 Å². The number of aromatic nitrogens is 1. The summed E-state index contributed by atoms with van der Waals surface area (Å²) in [6.07, 6.45) is -7.71. The van der Waals surface area contributed by atoms with Gasteiger partial charge < -0.3 is 10.2 Å². The number of ketones is 1. The molecule has 1 aromatic heterocycles. The highest BCUT2D eigenvalue weighted by Gasteiger charge is 2.38. The summed E-state index contributed by atoms with van der Waals surface area (Å²) in [6, 6.07) is 9.09. The number of allylic oxidation sites excluding steroid dienone is 1. The van der Waals surface area contributed by atoms with Crippen LogP contribution in [-0.2, 0) is 23.6 Å². The van der Waals surface area contributed by atoms with Crippen LogP contribution < -0.4 is 5.32 Å². The van der Waals surface area contributed by atoms with Crippen molar-refractivity contribution in [1.29, 1.82) is 0 Å². The molecule has 4 rings (SSSR count). The van der Waals surface area contributed by atoms with Crippen LogP contribution in [0.4, 0.5) is 26.3 Å². The van der Waals surface area contributed by atoms with E-state index in [-0.39, 0.29) is 41.6 Å². The minimum Gasteiger partial charge on any atom is -0.336 e. The van der Waals surface area contributed by atoms with Gasteiger partial charge in [-0.1, -0.05) is 24.3 Å². The molecule has 0 saturated carbocycles. The number of alkyl halides is 6. The highest BCUT2D eigenvalue weighted by molar-refractivity contribution is 6.33. The second-order valence-electron chi connectivity index (χ2n) is 9.86. The highest BCUT2D eigenvalue weighted by Crippen LogP contribution is 2.38. The maximum Gasteiger partial charge on any atom is 0.416 e. The molecule has 12 heteroatoms. The number of rotatable bonds is 6. The van der Waals surface area contributed by atoms with Crippen LogP contribution in [0, 0.1) is 13.8 Å². The molecule has 1 fully saturated rings. The molecule has 2 aromatic carbocycles. The predicted octanol–water partition coefficient (Wildman–Crippen LogP) is 6.47. The topological polar surface area (TPSA) is 62.3 Å². The van der Waals surface area contributed by atoms with Crippen molar-refractivity contribution in [2.75, 3.05) is 26.2 Å². The molecule has 0 spiro atoms. The van der Waals surface area contributed by atoms with Crippen molar-refractivity contribution in [3.05, 3.63) is 105 Å². The number of carbonyl (C=O) groups excluding carboxylic acids is 2. The third kappa shape index (κ3) is 7.57. The van der Waals surface area contributed by atoms with E-state index < -0.39 is 40.7 Å². The summed E-state index contributed by atoms with van der Waals surface area (Å²) in [6.45, 7) is 5.37. The van der Waals surface area contributed by atoms with Crippen molar-refractivity contribution in [1.82, 2.24) is 15.2 Å². The van der Waals surface area contributed by atoms with Crippen LogP contribution in [0.3, 0.4) is 0 Å². The summed E-state index contributed by atoms with van der Waals surface area (Å²) in [5, 5.41) is 3.12. The van der Waals surface area contributed by atoms with Gasteiger partial charge in [-0.3, -0.25) is 14.6 Å². The molecule has 1 saturated heterocycles. The van der Waals surface area contributed by atoms with Crippen LogP contribution in [0.2, 0.25) is 0 Å². The van der Waals surface area contributed by atoms with Crippen molar-refractivity contribution in [3.8, 4) is 0 Å². The van der Waals surface area contributed by atoms with Crippen LogP contribution >= 0.6 is 12.4 Å². The Bertz CT molecular complexity index is 1450. The molecule has 42 heavy (non-hydrogen) atoms. The van der Waals surface area contributed by atoms with Gasteiger partial charge in [0.15, 0.2) is 5.78 Å². The monoisotopic (exact) mass is 611 g/mol. The molecular weight excluding hydrogens is 584 g/mol. The number of pyridine rings is 1. The second kappa shape index (κ2) is 13.1. The lowest BCUT2D eigenvalue weighted by molar-refractivity contribution is -0.143. The lowest BCUT2D eigenvalue weighted by atomic mass is 9.87. The summed E-state index contributed by atoms with van der Waals surface area (Å²) >= 11 is 0. The third-order valence-corrected chi connectivity index (χ3v) is 6.94. The number of hydrogen-bond acceptors (Lipinski definition) is 4. The molecule has 3 aromatic rings. The van der Waals surface area contributed by atoms with E-state index in [2.05, 4.69) is 10.3 Å². The average molecular weight is 612 g/mol. The van der Waals surface area contributed by atoms with E-state index >= 15 is 0 Å². The average Bonchev–Trinajstić information content (AvgIpc) is 2.94. The number of piperazine rings is 1. The molecular formula is C30H28ClF6N3O2. The first-order valence-electron chi connectivity index (χ1n) is 12.8. The Morgan fingerprint density at radius 1 is 0.857 bits per heavy atom. The molecule has 2 heterocycles. The minimum absolute atomic E-state index is 0. The van der Waals surface area contributed by atoms with Crippen molar-refractivity contribution < 1.29 is 35.9 Å². The molecule has 224 valence electrons. The maximum atomic E-state index is 14.0. The number of aryl methyl sites for hydroxylation is 2. The molecule has 1 aliphatic heterocycles. The number of halogens is 7. The van der Waals surface area contributed by atoms with Crippen LogP contribution in [0.25, 0.3) is 5.57 Å². The van der Waals surface area contributed by atoms with E-state index in [4.69, 9.17) is 0 Å². The number of nitrogens with one attached hydrogen (secondary N) is 1. The van der Waals surface area contributed by atoms with Crippen LogP contribution in [0.1, 0.15) is 43.7 Å². The zero-order valence-electron chi connectivity index (χ0n) is 22.7. The van der Waals surface area contributed by atoms with Gasteiger partial charge in [-0.2, -0.15) is 26.3 Å². The van der Waals surface area contributed by atoms with Gasteiger partial charge >= 0.3 is 12.4 Å². The Hall–Kier alpha value is -3.70. The fraction of sp³-hybridized carbons (Fsp3) is 0.300. The summed E-state index contributed by atoms with van der Waals surface area (Å²) in [7, 11) is 0. The zero-order chi connectivity index (χ0) is 29.9. The Labute approximate surface area is 245 Å². The molecule has 0 aliphatic carbocycles. The number of carbonyl (C=O) groups is 2. The van der Waals surface area contributed by atoms with Crippen LogP contribution in [0.15, 0.2) is 66.5 Å². The van der Waals surface area contributed by atoms with E-state index in [1.165, 1.54) is 29.4 Å². The lowest BCUT2D eigenvalue weighted by Crippen LogP contribution is -2.47. The van der Waals surface area contributed by atoms with Gasteiger partial charge in [0.05, 0.1) is 11.1 Å². The van der Waals surface area contributed by atoms with E-state index in [0.29, 0.717) is 43.9 Å². The largest absolute Gasteiger partial charge is 0.416 e. The van der Waals surface area contributed by atoms with E-state index in [0.717, 1.165) is 11.1 Å². The SMILES string of the molecule is Cc1ccc(CC(C(=O)N2CCNCC2)=C(C(=O)c2cc(C(F)(F)F)cc(C(F)(F)F)c2)c2cccnc2)cc1C.Cl. The van der Waals surface area contributed by atoms with E-state index in [1.807, 2.05) is 26.0 Å². The van der Waals surface area contributed by atoms with E-state index in [1.54, 1.807) is 6.07 Å². The molecule has 5 nitrogen and oxygen atoms in total. The molecule has 0 bridgehead atoms. The van der Waals surface area contributed by atoms with Gasteiger partial charge in [0.1, 0.15) is 0 Å². The van der Waals surface area contributed by atoms with Crippen molar-refractivity contribution in [2.45, 2.75) is 32.6 Å². The van der Waals surface area contributed by atoms with Gasteiger partial charge in [-0.05, 0) is 54.8 Å². The van der Waals surface area contributed by atoms with Gasteiger partial charge in [-0.25, -0.2) is 0 Å². The number of benzene rings is 2. The van der Waals surface area contributed by atoms with Gasteiger partial charge in [0.25, 0.3) is 5.91 Å². The Balaban J connectivity index is 0.00000484. The first-order chi connectivity index (χ1) is 19.3. The fourth-order valence-electron chi connectivity index (χ4n) is 4.63. The Morgan fingerprint density at radius 2 is 1.48 bits per heavy atom. The summed E-state index contributed by atoms with van der Waals surface area (Å²) in [5.41, 5.74) is -1.76. The maximum absolute atomic E-state index is 14.0. The number of amides is 1. The Kier molecular flexibility index (Phi) is 10.2. The van der Waals surface area contributed by atoms with Crippen LogP contribution in [0.5, 0.6) is 0 Å². The van der Waals surface area contributed by atoms with Gasteiger partial charge in [0.2, 0.25) is 0 Å². The first-order valence-corrected chi connectivity index (χ1v) is 12.8. The quantitative estimate of drug-likeness (QED) is 0.197. The summed E-state index contributed by atoms with van der Waals surface area (Å²) in [5.74, 6) is -1.67. The Morgan fingerprint density at radius 3 is 2.00 bits per heavy atom. The lowest BCUT2D eigenvalue weighted by Gasteiger charge is -2.29. The first kappa shape index (κ1) is 32.8. The van der Waals surface area contributed by atoms with Crippen molar-refractivity contribution >= 4 is 29.7 Å². The molecule has 0 atom stereocenters. The minimum atomic E-state index is -5.15. The van der Waals surface area contributed by atoms with Gasteiger partial charge in [-0.15, -0.1) is 12.4 Å². The molecule has 0 unspecified atom stereocenters. The molecule has 1 N–H and O–H groups in total. The van der Waals surface area contributed by atoms with E-state index in [9.17, 15) is 35.9 Å². The molecule has 1 amide bonds.